The van der Waals surface area contributed by atoms with Gasteiger partial charge in [-0.05, 0) is 75.2 Å². The summed E-state index contributed by atoms with van der Waals surface area (Å²) in [6, 6.07) is 18.8. The van der Waals surface area contributed by atoms with E-state index in [1.165, 1.54) is 11.3 Å². The number of ether oxygens (including phenoxy) is 2. The van der Waals surface area contributed by atoms with E-state index in [1.807, 2.05) is 32.0 Å². The summed E-state index contributed by atoms with van der Waals surface area (Å²) in [5.41, 5.74) is 2.49. The number of thiazole rings is 1. The number of carbonyl (C=O) groups is 1. The largest absolute Gasteiger partial charge is 0.492 e. The lowest BCUT2D eigenvalue weighted by Gasteiger charge is -2.23. The minimum Gasteiger partial charge on any atom is -0.492 e. The summed E-state index contributed by atoms with van der Waals surface area (Å²) in [5.74, 6) is 0.452. The Morgan fingerprint density at radius 3 is 2.58 bits per heavy atom. The van der Waals surface area contributed by atoms with Gasteiger partial charge >= 0.3 is 0 Å². The van der Waals surface area contributed by atoms with Crippen molar-refractivity contribution in [3.05, 3.63) is 77.9 Å². The van der Waals surface area contributed by atoms with Gasteiger partial charge in [0.05, 0.1) is 28.9 Å². The highest BCUT2D eigenvalue weighted by Gasteiger charge is 2.27. The highest BCUT2D eigenvalue weighted by Crippen LogP contribution is 2.35. The molecule has 1 fully saturated rings. The van der Waals surface area contributed by atoms with Crippen LogP contribution in [0, 0.1) is 6.92 Å². The van der Waals surface area contributed by atoms with Crippen LogP contribution in [-0.4, -0.2) is 45.2 Å². The molecule has 0 radical (unpaired) electrons. The first-order valence-electron chi connectivity index (χ1n) is 12.5. The van der Waals surface area contributed by atoms with E-state index >= 15 is 0 Å². The van der Waals surface area contributed by atoms with Crippen molar-refractivity contribution in [2.45, 2.75) is 37.7 Å². The Morgan fingerprint density at radius 2 is 1.89 bits per heavy atom. The number of nitrogens with one attached hydrogen (secondary N) is 1. The topological polar surface area (TPSA) is 97.8 Å². The molecule has 0 saturated carbocycles. The Hall–Kier alpha value is -3.47. The summed E-state index contributed by atoms with van der Waals surface area (Å²) < 4.78 is 40.6. The van der Waals surface area contributed by atoms with Crippen molar-refractivity contribution >= 4 is 48.3 Å². The van der Waals surface area contributed by atoms with Gasteiger partial charge in [0.15, 0.2) is 5.13 Å². The van der Waals surface area contributed by atoms with E-state index in [-0.39, 0.29) is 16.9 Å². The minimum absolute atomic E-state index is 0.0714. The Balaban J connectivity index is 1.41. The molecule has 8 nitrogen and oxygen atoms in total. The Bertz CT molecular complexity index is 1530. The third-order valence-corrected chi connectivity index (χ3v) is 8.71. The SMILES string of the molecule is CCOc1cccc2sc(N(CC3CCCO3)C(=O)c3ccc(NS(=O)(=O)c4ccc(C)cc4)cc3)nc12. The van der Waals surface area contributed by atoms with Gasteiger partial charge < -0.3 is 9.47 Å². The van der Waals surface area contributed by atoms with Crippen LogP contribution < -0.4 is 14.4 Å². The van der Waals surface area contributed by atoms with Crippen LogP contribution >= 0.6 is 11.3 Å². The van der Waals surface area contributed by atoms with E-state index in [1.54, 1.807) is 53.4 Å². The zero-order valence-electron chi connectivity index (χ0n) is 21.2. The molecule has 1 N–H and O–H groups in total. The standard InChI is InChI=1S/C28H29N3O5S2/c1-3-35-24-7-4-8-25-26(24)29-28(37-25)31(18-22-6-5-17-36-22)27(32)20-11-13-21(14-12-20)30-38(33,34)23-15-9-19(2)10-16-23/h4,7-16,22,30H,3,5-6,17-18H2,1-2H3. The second kappa shape index (κ2) is 11.1. The average molecular weight is 552 g/mol. The molecule has 1 saturated heterocycles. The highest BCUT2D eigenvalue weighted by molar-refractivity contribution is 7.92. The van der Waals surface area contributed by atoms with E-state index in [4.69, 9.17) is 14.5 Å². The number of carbonyl (C=O) groups excluding carboxylic acids is 1. The predicted octanol–water partition coefficient (Wildman–Crippen LogP) is 5.63. The smallest absolute Gasteiger partial charge is 0.261 e. The quantitative estimate of drug-likeness (QED) is 0.290. The van der Waals surface area contributed by atoms with Crippen LogP contribution in [0.3, 0.4) is 0 Å². The number of para-hydroxylation sites is 1. The second-order valence-electron chi connectivity index (χ2n) is 9.08. The normalized spacial score (nSPS) is 15.5. The summed E-state index contributed by atoms with van der Waals surface area (Å²) >= 11 is 1.43. The fourth-order valence-corrected chi connectivity index (χ4v) is 6.36. The number of benzene rings is 3. The third-order valence-electron chi connectivity index (χ3n) is 6.27. The van der Waals surface area contributed by atoms with E-state index in [0.29, 0.717) is 41.9 Å². The molecule has 1 atom stereocenters. The summed E-state index contributed by atoms with van der Waals surface area (Å²) in [5, 5.41) is 0.566. The molecule has 4 aromatic rings. The fraction of sp³-hybridized carbons (Fsp3) is 0.286. The Labute approximate surface area is 226 Å². The Kier molecular flexibility index (Phi) is 7.64. The lowest BCUT2D eigenvalue weighted by atomic mass is 10.1. The van der Waals surface area contributed by atoms with Crippen molar-refractivity contribution in [2.75, 3.05) is 29.4 Å². The number of nitrogens with zero attached hydrogens (tertiary/aromatic N) is 2. The van der Waals surface area contributed by atoms with Crippen molar-refractivity contribution in [1.82, 2.24) is 4.98 Å². The van der Waals surface area contributed by atoms with Crippen molar-refractivity contribution in [3.8, 4) is 5.75 Å². The Morgan fingerprint density at radius 1 is 1.13 bits per heavy atom. The molecule has 3 aromatic carbocycles. The van der Waals surface area contributed by atoms with Crippen LogP contribution in [0.2, 0.25) is 0 Å². The summed E-state index contributed by atoms with van der Waals surface area (Å²) in [7, 11) is -3.74. The van der Waals surface area contributed by atoms with Crippen LogP contribution in [0.5, 0.6) is 5.75 Å². The molecule has 1 aromatic heterocycles. The van der Waals surface area contributed by atoms with Gasteiger partial charge in [-0.3, -0.25) is 14.4 Å². The van der Waals surface area contributed by atoms with Crippen molar-refractivity contribution < 1.29 is 22.7 Å². The fourth-order valence-electron chi connectivity index (χ4n) is 4.31. The monoisotopic (exact) mass is 551 g/mol. The second-order valence-corrected chi connectivity index (χ2v) is 11.8. The zero-order valence-corrected chi connectivity index (χ0v) is 22.8. The third kappa shape index (κ3) is 5.67. The molecule has 0 spiro atoms. The maximum absolute atomic E-state index is 13.7. The number of anilines is 2. The minimum atomic E-state index is -3.74. The number of hydrogen-bond donors (Lipinski definition) is 1. The number of rotatable bonds is 9. The summed E-state index contributed by atoms with van der Waals surface area (Å²) in [6.45, 7) is 5.39. The highest BCUT2D eigenvalue weighted by atomic mass is 32.2. The number of aromatic nitrogens is 1. The number of sulfonamides is 1. The van der Waals surface area contributed by atoms with E-state index in [0.717, 1.165) is 28.6 Å². The molecule has 1 unspecified atom stereocenters. The van der Waals surface area contributed by atoms with Crippen molar-refractivity contribution in [2.24, 2.45) is 0 Å². The lowest BCUT2D eigenvalue weighted by molar-refractivity contribution is 0.0917. The first kappa shape index (κ1) is 26.1. The molecule has 10 heteroatoms. The summed E-state index contributed by atoms with van der Waals surface area (Å²) in [4.78, 5) is 20.3. The lowest BCUT2D eigenvalue weighted by Crippen LogP contribution is -2.37. The maximum atomic E-state index is 13.7. The molecule has 0 aliphatic carbocycles. The van der Waals surface area contributed by atoms with Crippen LogP contribution in [0.25, 0.3) is 10.2 Å². The van der Waals surface area contributed by atoms with Gasteiger partial charge in [-0.15, -0.1) is 0 Å². The van der Waals surface area contributed by atoms with Crippen molar-refractivity contribution in [1.29, 1.82) is 0 Å². The van der Waals surface area contributed by atoms with E-state index in [2.05, 4.69) is 4.72 Å². The number of aryl methyl sites for hydroxylation is 1. The van der Waals surface area contributed by atoms with E-state index in [9.17, 15) is 13.2 Å². The summed E-state index contributed by atoms with van der Waals surface area (Å²) in [6.07, 6.45) is 1.76. The van der Waals surface area contributed by atoms with Gasteiger partial charge in [-0.1, -0.05) is 35.1 Å². The molecule has 2 heterocycles. The number of fused-ring (bicyclic) bond motifs is 1. The van der Waals surface area contributed by atoms with Gasteiger partial charge in [0.2, 0.25) is 0 Å². The molecular weight excluding hydrogens is 522 g/mol. The van der Waals surface area contributed by atoms with Crippen LogP contribution in [0.15, 0.2) is 71.6 Å². The first-order valence-corrected chi connectivity index (χ1v) is 14.8. The van der Waals surface area contributed by atoms with Gasteiger partial charge in [0.1, 0.15) is 11.3 Å². The molecule has 0 bridgehead atoms. The molecular formula is C28H29N3O5S2. The molecule has 1 amide bonds. The van der Waals surface area contributed by atoms with Gasteiger partial charge in [0, 0.05) is 17.9 Å². The van der Waals surface area contributed by atoms with Gasteiger partial charge in [-0.25, -0.2) is 13.4 Å². The van der Waals surface area contributed by atoms with Crippen molar-refractivity contribution in [3.63, 3.8) is 0 Å². The number of hydrogen-bond acceptors (Lipinski definition) is 7. The molecule has 1 aliphatic rings. The maximum Gasteiger partial charge on any atom is 0.261 e. The predicted molar refractivity (Wildman–Crippen MR) is 150 cm³/mol. The average Bonchev–Trinajstić information content (AvgIpc) is 3.58. The number of amides is 1. The zero-order chi connectivity index (χ0) is 26.7. The molecule has 38 heavy (non-hydrogen) atoms. The molecule has 5 rings (SSSR count). The molecule has 1 aliphatic heterocycles. The first-order chi connectivity index (χ1) is 18.3. The molecule has 198 valence electrons. The van der Waals surface area contributed by atoms with Gasteiger partial charge in [0.25, 0.3) is 15.9 Å². The van der Waals surface area contributed by atoms with E-state index < -0.39 is 10.0 Å². The van der Waals surface area contributed by atoms with Crippen LogP contribution in [-0.2, 0) is 14.8 Å². The van der Waals surface area contributed by atoms with Gasteiger partial charge in [-0.2, -0.15) is 0 Å². The van der Waals surface area contributed by atoms with Crippen LogP contribution in [0.4, 0.5) is 10.8 Å². The van der Waals surface area contributed by atoms with Crippen LogP contribution in [0.1, 0.15) is 35.7 Å².